The van der Waals surface area contributed by atoms with Crippen LogP contribution < -0.4 is 15.8 Å². The summed E-state index contributed by atoms with van der Waals surface area (Å²) in [5, 5.41) is 3.37. The molecular formula is C17H22ClN3O4. The molecule has 1 fully saturated rings. The van der Waals surface area contributed by atoms with E-state index in [2.05, 4.69) is 5.32 Å². The Morgan fingerprint density at radius 1 is 1.44 bits per heavy atom. The molecule has 1 saturated heterocycles. The first-order chi connectivity index (χ1) is 12.0. The quantitative estimate of drug-likeness (QED) is 0.799. The van der Waals surface area contributed by atoms with Gasteiger partial charge in [0.25, 0.3) is 5.91 Å². The monoisotopic (exact) mass is 367 g/mol. The van der Waals surface area contributed by atoms with Gasteiger partial charge in [-0.25, -0.2) is 4.79 Å². The summed E-state index contributed by atoms with van der Waals surface area (Å²) >= 11 is 6.15. The predicted molar refractivity (Wildman–Crippen MR) is 94.1 cm³/mol. The van der Waals surface area contributed by atoms with Crippen LogP contribution in [-0.2, 0) is 11.2 Å². The van der Waals surface area contributed by atoms with Gasteiger partial charge < -0.3 is 25.4 Å². The Labute approximate surface area is 151 Å². The second-order valence-corrected chi connectivity index (χ2v) is 6.57. The normalized spacial score (nSPS) is 17.0. The molecule has 7 nitrogen and oxygen atoms in total. The van der Waals surface area contributed by atoms with Gasteiger partial charge in [-0.2, -0.15) is 0 Å². The molecule has 3 N–H and O–H groups in total. The number of nitrogen functional groups attached to an aromatic ring is 1. The fourth-order valence-corrected chi connectivity index (χ4v) is 3.44. The summed E-state index contributed by atoms with van der Waals surface area (Å²) in [6.07, 6.45) is 1.70. The lowest BCUT2D eigenvalue weighted by Gasteiger charge is -2.31. The molecule has 0 radical (unpaired) electrons. The van der Waals surface area contributed by atoms with E-state index in [-0.39, 0.29) is 18.0 Å². The van der Waals surface area contributed by atoms with Crippen molar-refractivity contribution in [3.05, 3.63) is 22.2 Å². The number of nitrogens with two attached hydrogens (primary N) is 1. The van der Waals surface area contributed by atoms with E-state index in [1.54, 1.807) is 17.9 Å². The van der Waals surface area contributed by atoms with E-state index in [4.69, 9.17) is 26.8 Å². The van der Waals surface area contributed by atoms with Crippen LogP contribution in [0.25, 0.3) is 0 Å². The first-order valence-electron chi connectivity index (χ1n) is 8.47. The Morgan fingerprint density at radius 3 is 2.84 bits per heavy atom. The van der Waals surface area contributed by atoms with Gasteiger partial charge in [0.2, 0.25) is 0 Å². The van der Waals surface area contributed by atoms with E-state index in [1.807, 2.05) is 0 Å². The highest BCUT2D eigenvalue weighted by Crippen LogP contribution is 2.38. The fourth-order valence-electron chi connectivity index (χ4n) is 3.22. The molecule has 2 heterocycles. The third-order valence-electron chi connectivity index (χ3n) is 4.57. The molecule has 0 aliphatic carbocycles. The van der Waals surface area contributed by atoms with Gasteiger partial charge in [0.1, 0.15) is 5.75 Å². The number of carbonyl (C=O) groups excluding carboxylic acids is 2. The molecule has 0 aromatic heterocycles. The summed E-state index contributed by atoms with van der Waals surface area (Å²) in [5.74, 6) is 0.304. The summed E-state index contributed by atoms with van der Waals surface area (Å²) < 4.78 is 10.6. The van der Waals surface area contributed by atoms with Crippen LogP contribution in [0.3, 0.4) is 0 Å². The number of rotatable bonds is 3. The van der Waals surface area contributed by atoms with Crippen LogP contribution in [0.4, 0.5) is 10.5 Å². The molecule has 0 atom stereocenters. The van der Waals surface area contributed by atoms with Crippen LogP contribution in [0, 0.1) is 0 Å². The van der Waals surface area contributed by atoms with Crippen LogP contribution in [0.15, 0.2) is 6.07 Å². The lowest BCUT2D eigenvalue weighted by Crippen LogP contribution is -2.46. The van der Waals surface area contributed by atoms with Crippen LogP contribution in [0.1, 0.15) is 35.7 Å². The maximum atomic E-state index is 12.7. The second-order valence-electron chi connectivity index (χ2n) is 6.16. The number of carbonyl (C=O) groups is 2. The van der Waals surface area contributed by atoms with E-state index in [0.717, 1.165) is 5.56 Å². The Hall–Kier alpha value is -2.15. The first kappa shape index (κ1) is 17.7. The third-order valence-corrected chi connectivity index (χ3v) is 4.88. The minimum atomic E-state index is -0.302. The number of nitrogens with one attached hydrogen (secondary N) is 1. The molecule has 0 bridgehead atoms. The number of amides is 2. The van der Waals surface area contributed by atoms with Crippen molar-refractivity contribution < 1.29 is 19.1 Å². The summed E-state index contributed by atoms with van der Waals surface area (Å²) in [7, 11) is 0. The van der Waals surface area contributed by atoms with Crippen molar-refractivity contribution >= 4 is 29.3 Å². The summed E-state index contributed by atoms with van der Waals surface area (Å²) in [4.78, 5) is 26.0. The number of hydrogen-bond acceptors (Lipinski definition) is 5. The SMILES string of the molecule is CCOC(=O)N1CCC(NC(=O)c2cc(Cl)c(N)c3c2OCC3)CC1. The number of hydrogen-bond donors (Lipinski definition) is 2. The molecule has 1 aromatic rings. The molecular weight excluding hydrogens is 346 g/mol. The molecule has 8 heteroatoms. The average Bonchev–Trinajstić information content (AvgIpc) is 3.09. The highest BCUT2D eigenvalue weighted by atomic mass is 35.5. The number of nitrogens with zero attached hydrogens (tertiary/aromatic N) is 1. The van der Waals surface area contributed by atoms with Gasteiger partial charge in [-0.05, 0) is 25.8 Å². The van der Waals surface area contributed by atoms with E-state index < -0.39 is 0 Å². The van der Waals surface area contributed by atoms with E-state index in [9.17, 15) is 9.59 Å². The standard InChI is InChI=1S/C17H22ClN3O4/c1-2-24-17(23)21-6-3-10(4-7-21)20-16(22)12-9-13(18)14(19)11-5-8-25-15(11)12/h9-10H,2-8,19H2,1H3,(H,20,22). The molecule has 0 spiro atoms. The molecule has 25 heavy (non-hydrogen) atoms. The number of fused-ring (bicyclic) bond motifs is 1. The Bertz CT molecular complexity index is 687. The van der Waals surface area contributed by atoms with Crippen LogP contribution >= 0.6 is 11.6 Å². The highest BCUT2D eigenvalue weighted by molar-refractivity contribution is 6.33. The molecule has 0 unspecified atom stereocenters. The summed E-state index contributed by atoms with van der Waals surface area (Å²) in [6.45, 7) is 3.75. The van der Waals surface area contributed by atoms with Gasteiger partial charge in [-0.3, -0.25) is 4.79 Å². The largest absolute Gasteiger partial charge is 0.492 e. The number of ether oxygens (including phenoxy) is 2. The summed E-state index contributed by atoms with van der Waals surface area (Å²) in [6, 6.07) is 1.55. The Kier molecular flexibility index (Phi) is 5.22. The number of piperidine rings is 1. The molecule has 2 aliphatic rings. The topological polar surface area (TPSA) is 93.9 Å². The molecule has 1 aromatic carbocycles. The minimum Gasteiger partial charge on any atom is -0.492 e. The predicted octanol–water partition coefficient (Wildman–Crippen LogP) is 2.21. The zero-order chi connectivity index (χ0) is 18.0. The van der Waals surface area contributed by atoms with Gasteiger partial charge in [0.15, 0.2) is 0 Å². The van der Waals surface area contributed by atoms with Crippen molar-refractivity contribution in [3.8, 4) is 5.75 Å². The maximum absolute atomic E-state index is 12.7. The zero-order valence-electron chi connectivity index (χ0n) is 14.1. The van der Waals surface area contributed by atoms with Gasteiger partial charge in [-0.15, -0.1) is 0 Å². The second kappa shape index (κ2) is 7.39. The molecule has 2 amide bonds. The van der Waals surface area contributed by atoms with Crippen molar-refractivity contribution in [1.82, 2.24) is 10.2 Å². The van der Waals surface area contributed by atoms with Crippen molar-refractivity contribution in [1.29, 1.82) is 0 Å². The van der Waals surface area contributed by atoms with E-state index in [0.29, 0.717) is 67.6 Å². The number of anilines is 1. The lowest BCUT2D eigenvalue weighted by atomic mass is 10.0. The van der Waals surface area contributed by atoms with Crippen LogP contribution in [-0.4, -0.2) is 49.2 Å². The van der Waals surface area contributed by atoms with Gasteiger partial charge in [0.05, 0.1) is 29.5 Å². The average molecular weight is 368 g/mol. The maximum Gasteiger partial charge on any atom is 0.409 e. The number of benzene rings is 1. The van der Waals surface area contributed by atoms with Crippen molar-refractivity contribution in [2.75, 3.05) is 32.0 Å². The van der Waals surface area contributed by atoms with Gasteiger partial charge in [0, 0.05) is 31.1 Å². The van der Waals surface area contributed by atoms with Crippen molar-refractivity contribution in [2.24, 2.45) is 0 Å². The van der Waals surface area contributed by atoms with E-state index >= 15 is 0 Å². The smallest absolute Gasteiger partial charge is 0.409 e. The molecule has 3 rings (SSSR count). The molecule has 0 saturated carbocycles. The zero-order valence-corrected chi connectivity index (χ0v) is 14.9. The Balaban J connectivity index is 1.64. The van der Waals surface area contributed by atoms with E-state index in [1.165, 1.54) is 0 Å². The van der Waals surface area contributed by atoms with Gasteiger partial charge >= 0.3 is 6.09 Å². The highest BCUT2D eigenvalue weighted by Gasteiger charge is 2.28. The third kappa shape index (κ3) is 3.61. The van der Waals surface area contributed by atoms with Crippen molar-refractivity contribution in [3.63, 3.8) is 0 Å². The lowest BCUT2D eigenvalue weighted by molar-refractivity contribution is 0.0858. The summed E-state index contributed by atoms with van der Waals surface area (Å²) in [5.41, 5.74) is 7.66. The fraction of sp³-hybridized carbons (Fsp3) is 0.529. The molecule has 136 valence electrons. The first-order valence-corrected chi connectivity index (χ1v) is 8.85. The number of likely N-dealkylation sites (tertiary alicyclic amines) is 1. The van der Waals surface area contributed by atoms with Crippen molar-refractivity contribution in [2.45, 2.75) is 32.2 Å². The van der Waals surface area contributed by atoms with Crippen LogP contribution in [0.5, 0.6) is 5.75 Å². The number of halogens is 1. The molecule has 2 aliphatic heterocycles. The minimum absolute atomic E-state index is 0.00782. The van der Waals surface area contributed by atoms with Gasteiger partial charge in [-0.1, -0.05) is 11.6 Å². The Morgan fingerprint density at radius 2 is 2.16 bits per heavy atom. The van der Waals surface area contributed by atoms with Crippen LogP contribution in [0.2, 0.25) is 5.02 Å².